The summed E-state index contributed by atoms with van der Waals surface area (Å²) in [5.41, 5.74) is 2.40. The first-order valence-electron chi connectivity index (χ1n) is 8.30. The van der Waals surface area contributed by atoms with Gasteiger partial charge in [0.05, 0.1) is 0 Å². The van der Waals surface area contributed by atoms with E-state index in [4.69, 9.17) is 4.52 Å². The van der Waals surface area contributed by atoms with Gasteiger partial charge in [0.25, 0.3) is 0 Å². The Labute approximate surface area is 142 Å². The number of carbonyl (C=O) groups is 1. The molecule has 0 spiro atoms. The molecule has 1 amide bonds. The third kappa shape index (κ3) is 3.41. The van der Waals surface area contributed by atoms with E-state index in [1.54, 1.807) is 6.08 Å². The van der Waals surface area contributed by atoms with E-state index < -0.39 is 5.54 Å². The summed E-state index contributed by atoms with van der Waals surface area (Å²) in [7, 11) is 0. The SMILES string of the molecule is C=CCNC(=O)[C@@]1(Cc2cc(-c3ccc(C)cc3)no2)CCCN1. The van der Waals surface area contributed by atoms with Crippen molar-refractivity contribution in [1.29, 1.82) is 0 Å². The molecule has 1 aliphatic heterocycles. The molecule has 24 heavy (non-hydrogen) atoms. The molecule has 5 nitrogen and oxygen atoms in total. The predicted octanol–water partition coefficient (Wildman–Crippen LogP) is 2.62. The second kappa shape index (κ2) is 7.01. The molecule has 2 aromatic rings. The van der Waals surface area contributed by atoms with Gasteiger partial charge in [-0.05, 0) is 26.3 Å². The van der Waals surface area contributed by atoms with Crippen LogP contribution in [0, 0.1) is 6.92 Å². The van der Waals surface area contributed by atoms with Crippen LogP contribution in [0.3, 0.4) is 0 Å². The molecule has 0 aliphatic carbocycles. The van der Waals surface area contributed by atoms with Gasteiger partial charge in [0.2, 0.25) is 5.91 Å². The molecule has 0 bridgehead atoms. The van der Waals surface area contributed by atoms with Gasteiger partial charge in [-0.2, -0.15) is 0 Å². The van der Waals surface area contributed by atoms with Crippen LogP contribution in [0.2, 0.25) is 0 Å². The third-order valence-electron chi connectivity index (χ3n) is 4.47. The molecular weight excluding hydrogens is 302 g/mol. The maximum absolute atomic E-state index is 12.6. The van der Waals surface area contributed by atoms with Gasteiger partial charge < -0.3 is 15.2 Å². The van der Waals surface area contributed by atoms with Crippen molar-refractivity contribution in [2.45, 2.75) is 31.7 Å². The Bertz CT molecular complexity index is 712. The Hall–Kier alpha value is -2.40. The zero-order valence-corrected chi connectivity index (χ0v) is 14.0. The first-order chi connectivity index (χ1) is 11.6. The van der Waals surface area contributed by atoms with E-state index in [-0.39, 0.29) is 5.91 Å². The molecular formula is C19H23N3O2. The average molecular weight is 325 g/mol. The Morgan fingerprint density at radius 3 is 2.92 bits per heavy atom. The molecule has 2 N–H and O–H groups in total. The normalized spacial score (nSPS) is 20.0. The third-order valence-corrected chi connectivity index (χ3v) is 4.47. The van der Waals surface area contributed by atoms with E-state index in [0.29, 0.717) is 18.7 Å². The number of aryl methyl sites for hydroxylation is 1. The fourth-order valence-corrected chi connectivity index (χ4v) is 3.12. The fourth-order valence-electron chi connectivity index (χ4n) is 3.12. The van der Waals surface area contributed by atoms with Crippen LogP contribution >= 0.6 is 0 Å². The van der Waals surface area contributed by atoms with Crippen molar-refractivity contribution in [2.24, 2.45) is 0 Å². The highest BCUT2D eigenvalue weighted by molar-refractivity contribution is 5.87. The Morgan fingerprint density at radius 1 is 1.46 bits per heavy atom. The topological polar surface area (TPSA) is 67.2 Å². The number of benzene rings is 1. The smallest absolute Gasteiger partial charge is 0.241 e. The summed E-state index contributed by atoms with van der Waals surface area (Å²) in [5.74, 6) is 0.710. The van der Waals surface area contributed by atoms with Crippen molar-refractivity contribution >= 4 is 5.91 Å². The second-order valence-corrected chi connectivity index (χ2v) is 6.33. The van der Waals surface area contributed by atoms with Crippen molar-refractivity contribution in [1.82, 2.24) is 15.8 Å². The molecule has 2 heterocycles. The van der Waals surface area contributed by atoms with Gasteiger partial charge in [0, 0.05) is 24.6 Å². The van der Waals surface area contributed by atoms with E-state index in [0.717, 1.165) is 30.6 Å². The van der Waals surface area contributed by atoms with Gasteiger partial charge in [-0.1, -0.05) is 41.1 Å². The summed E-state index contributed by atoms with van der Waals surface area (Å²) in [6.07, 6.45) is 3.94. The van der Waals surface area contributed by atoms with E-state index in [2.05, 4.69) is 29.3 Å². The maximum atomic E-state index is 12.6. The van der Waals surface area contributed by atoms with E-state index >= 15 is 0 Å². The number of nitrogens with one attached hydrogen (secondary N) is 2. The number of hydrogen-bond donors (Lipinski definition) is 2. The van der Waals surface area contributed by atoms with Gasteiger partial charge in [-0.15, -0.1) is 6.58 Å². The number of hydrogen-bond acceptors (Lipinski definition) is 4. The Kier molecular flexibility index (Phi) is 4.81. The lowest BCUT2D eigenvalue weighted by molar-refractivity contribution is -0.127. The molecule has 1 aromatic heterocycles. The van der Waals surface area contributed by atoms with Crippen LogP contribution in [0.5, 0.6) is 0 Å². The molecule has 0 unspecified atom stereocenters. The monoisotopic (exact) mass is 325 g/mol. The summed E-state index contributed by atoms with van der Waals surface area (Å²) in [6, 6.07) is 10.1. The van der Waals surface area contributed by atoms with Crippen molar-refractivity contribution in [3.05, 3.63) is 54.3 Å². The van der Waals surface area contributed by atoms with Crippen molar-refractivity contribution in [3.8, 4) is 11.3 Å². The quantitative estimate of drug-likeness (QED) is 0.801. The van der Waals surface area contributed by atoms with Crippen LogP contribution < -0.4 is 10.6 Å². The summed E-state index contributed by atoms with van der Waals surface area (Å²) in [5, 5.41) is 10.4. The minimum absolute atomic E-state index is 0.00631. The van der Waals surface area contributed by atoms with Gasteiger partial charge >= 0.3 is 0 Å². The molecule has 1 aromatic carbocycles. The summed E-state index contributed by atoms with van der Waals surface area (Å²) >= 11 is 0. The second-order valence-electron chi connectivity index (χ2n) is 6.33. The van der Waals surface area contributed by atoms with E-state index in [9.17, 15) is 4.79 Å². The number of amides is 1. The molecule has 1 atom stereocenters. The van der Waals surface area contributed by atoms with E-state index in [1.165, 1.54) is 5.56 Å². The maximum Gasteiger partial charge on any atom is 0.241 e. The minimum atomic E-state index is -0.618. The lowest BCUT2D eigenvalue weighted by atomic mass is 9.90. The number of carbonyl (C=O) groups excluding carboxylic acids is 1. The number of aromatic nitrogens is 1. The highest BCUT2D eigenvalue weighted by Crippen LogP contribution is 2.27. The van der Waals surface area contributed by atoms with Gasteiger partial charge in [0.15, 0.2) is 0 Å². The summed E-state index contributed by atoms with van der Waals surface area (Å²) in [4.78, 5) is 12.6. The lowest BCUT2D eigenvalue weighted by Gasteiger charge is -2.26. The molecule has 3 rings (SSSR count). The van der Waals surface area contributed by atoms with Crippen LogP contribution in [0.1, 0.15) is 24.2 Å². The highest BCUT2D eigenvalue weighted by Gasteiger charge is 2.41. The summed E-state index contributed by atoms with van der Waals surface area (Å²) < 4.78 is 5.50. The van der Waals surface area contributed by atoms with Crippen molar-refractivity contribution < 1.29 is 9.32 Å². The molecule has 0 saturated carbocycles. The number of rotatable bonds is 6. The Balaban J connectivity index is 1.77. The average Bonchev–Trinajstić information content (AvgIpc) is 3.24. The largest absolute Gasteiger partial charge is 0.361 e. The molecule has 126 valence electrons. The molecule has 1 saturated heterocycles. The number of nitrogens with zero attached hydrogens (tertiary/aromatic N) is 1. The first-order valence-corrected chi connectivity index (χ1v) is 8.30. The first kappa shape index (κ1) is 16.5. The molecule has 5 heteroatoms. The fraction of sp³-hybridized carbons (Fsp3) is 0.368. The van der Waals surface area contributed by atoms with Crippen LogP contribution in [0.4, 0.5) is 0 Å². The molecule has 0 radical (unpaired) electrons. The van der Waals surface area contributed by atoms with Gasteiger partial charge in [-0.25, -0.2) is 0 Å². The summed E-state index contributed by atoms with van der Waals surface area (Å²) in [6.45, 7) is 7.00. The van der Waals surface area contributed by atoms with E-state index in [1.807, 2.05) is 30.3 Å². The standard InChI is InChI=1S/C19H23N3O2/c1-3-10-20-18(23)19(9-4-11-21-19)13-16-12-17(22-24-16)15-7-5-14(2)6-8-15/h3,5-8,12,21H,1,4,9-11,13H2,2H3,(H,20,23)/t19-/m0/s1. The minimum Gasteiger partial charge on any atom is -0.361 e. The van der Waals surface area contributed by atoms with Crippen molar-refractivity contribution in [2.75, 3.05) is 13.1 Å². The zero-order chi connectivity index (χ0) is 17.0. The van der Waals surface area contributed by atoms with Crippen molar-refractivity contribution in [3.63, 3.8) is 0 Å². The van der Waals surface area contributed by atoms with Crippen LogP contribution in [-0.2, 0) is 11.2 Å². The zero-order valence-electron chi connectivity index (χ0n) is 14.0. The predicted molar refractivity (Wildman–Crippen MR) is 93.6 cm³/mol. The molecule has 1 aliphatic rings. The van der Waals surface area contributed by atoms with Crippen LogP contribution in [-0.4, -0.2) is 29.7 Å². The van der Waals surface area contributed by atoms with Gasteiger partial charge in [-0.3, -0.25) is 4.79 Å². The van der Waals surface area contributed by atoms with Crippen LogP contribution in [0.15, 0.2) is 47.5 Å². The van der Waals surface area contributed by atoms with Gasteiger partial charge in [0.1, 0.15) is 17.0 Å². The van der Waals surface area contributed by atoms with Crippen LogP contribution in [0.25, 0.3) is 11.3 Å². The highest BCUT2D eigenvalue weighted by atomic mass is 16.5. The lowest BCUT2D eigenvalue weighted by Crippen LogP contribution is -2.55. The Morgan fingerprint density at radius 2 is 2.25 bits per heavy atom. The molecule has 1 fully saturated rings.